The Morgan fingerprint density at radius 1 is 0.442 bits per heavy atom. The van der Waals surface area contributed by atoms with E-state index in [1.165, 1.54) is 20.8 Å². The summed E-state index contributed by atoms with van der Waals surface area (Å²) in [6.07, 6.45) is -13.6. The van der Waals surface area contributed by atoms with Crippen molar-refractivity contribution >= 4 is 95.5 Å². The van der Waals surface area contributed by atoms with Crippen LogP contribution in [0.25, 0.3) is 0 Å². The SMILES string of the molecule is CCOC(=O)[C@@](O)(CC)[C@H](C)O.CCOC(=O)[C@@]1(O)CC(=O)O[C@@H]1C(=O)O.CCOC(=O)[C@H]1OC(=O)C[C@]1(O)C(=O)OCC.COC(=O)[C@@]1(O)CC(=O)O[C@@H]1C(=O)O.COC(=O)[C@H]1OC(=O)C[C@]1(O)C(=O)OC.O=C1C[C@](O)(C(=O)O)[C@@H](C(=O)O)O1. The van der Waals surface area contributed by atoms with Gasteiger partial charge >= 0.3 is 95.5 Å². The second-order valence-electron chi connectivity index (χ2n) is 17.5. The molecule has 0 amide bonds. The molecular formula is C47H64O39. The number of carbonyl (C=O) groups excluding carboxylic acids is 12. The fourth-order valence-corrected chi connectivity index (χ4v) is 7.13. The quantitative estimate of drug-likeness (QED) is 0.0476. The fourth-order valence-electron chi connectivity index (χ4n) is 7.13. The number of carboxylic acids is 4. The molecule has 5 fully saturated rings. The molecule has 5 rings (SSSR count). The number of aliphatic carboxylic acids is 4. The molecule has 0 bridgehead atoms. The average molecular weight is 1250 g/mol. The molecular weight excluding hydrogens is 1190 g/mol. The Kier molecular flexibility index (Phi) is 29.2. The Labute approximate surface area is 482 Å². The second-order valence-corrected chi connectivity index (χ2v) is 17.5. The lowest BCUT2D eigenvalue weighted by Crippen LogP contribution is -2.51. The van der Waals surface area contributed by atoms with Crippen LogP contribution in [0.5, 0.6) is 0 Å². The molecule has 0 aromatic heterocycles. The summed E-state index contributed by atoms with van der Waals surface area (Å²) in [5.41, 5.74) is -13.8. The van der Waals surface area contributed by atoms with Crippen LogP contribution in [-0.4, -0.2) is 270 Å². The van der Waals surface area contributed by atoms with Gasteiger partial charge in [0.1, 0.15) is 0 Å². The van der Waals surface area contributed by atoms with Gasteiger partial charge in [0.15, 0.2) is 5.60 Å². The first-order chi connectivity index (χ1) is 39.6. The Hall–Kier alpha value is -8.76. The van der Waals surface area contributed by atoms with Crippen LogP contribution >= 0.6 is 0 Å². The first-order valence-electron chi connectivity index (χ1n) is 24.4. The van der Waals surface area contributed by atoms with E-state index in [0.717, 1.165) is 21.3 Å². The summed E-state index contributed by atoms with van der Waals surface area (Å²) in [6, 6.07) is 0. The van der Waals surface area contributed by atoms with Crippen molar-refractivity contribution in [2.45, 2.75) is 150 Å². The van der Waals surface area contributed by atoms with Crippen molar-refractivity contribution in [3.8, 4) is 0 Å². The van der Waals surface area contributed by atoms with Crippen LogP contribution in [0, 0.1) is 0 Å². The summed E-state index contributed by atoms with van der Waals surface area (Å²) in [5, 5.41) is 101. The Morgan fingerprint density at radius 3 is 0.965 bits per heavy atom. The number of methoxy groups -OCH3 is 3. The number of carboxylic acid groups (broad SMARTS) is 4. The Morgan fingerprint density at radius 2 is 0.709 bits per heavy atom. The van der Waals surface area contributed by atoms with E-state index in [9.17, 15) is 107 Å². The van der Waals surface area contributed by atoms with E-state index >= 15 is 0 Å². The molecule has 0 aromatic carbocycles. The summed E-state index contributed by atoms with van der Waals surface area (Å²) in [7, 11) is 3.05. The highest BCUT2D eigenvalue weighted by molar-refractivity contribution is 6.00. The minimum Gasteiger partial charge on any atom is -0.479 e. The molecule has 0 spiro atoms. The largest absolute Gasteiger partial charge is 0.479 e. The van der Waals surface area contributed by atoms with Gasteiger partial charge < -0.3 is 113 Å². The van der Waals surface area contributed by atoms with Crippen molar-refractivity contribution in [3.63, 3.8) is 0 Å². The molecule has 0 saturated carbocycles. The normalized spacial score (nSPS) is 28.3. The van der Waals surface area contributed by atoms with E-state index in [1.807, 2.05) is 0 Å². The third kappa shape index (κ3) is 18.6. The van der Waals surface area contributed by atoms with E-state index in [1.54, 1.807) is 20.8 Å². The minimum atomic E-state index is -2.65. The maximum absolute atomic E-state index is 11.5. The molecule has 0 aromatic rings. The van der Waals surface area contributed by atoms with Gasteiger partial charge in [-0.1, -0.05) is 6.92 Å². The van der Waals surface area contributed by atoms with Gasteiger partial charge in [0.2, 0.25) is 58.5 Å². The summed E-state index contributed by atoms with van der Waals surface area (Å²) in [6.45, 7) is 9.46. The number of hydrogen-bond acceptors (Lipinski definition) is 35. The number of carbonyl (C=O) groups is 16. The molecule has 12 atom stereocenters. The number of rotatable bonds is 17. The lowest BCUT2D eigenvalue weighted by molar-refractivity contribution is -0.183. The molecule has 0 aliphatic carbocycles. The second kappa shape index (κ2) is 32.5. The molecule has 5 aliphatic rings. The monoisotopic (exact) mass is 1250 g/mol. The number of aliphatic hydroxyl groups is 7. The molecule has 0 unspecified atom stereocenters. The van der Waals surface area contributed by atoms with Crippen LogP contribution in [-0.2, 0) is 134 Å². The Bertz CT molecular complexity index is 2570. The first kappa shape index (κ1) is 77.2. The van der Waals surface area contributed by atoms with Crippen molar-refractivity contribution in [2.24, 2.45) is 0 Å². The highest BCUT2D eigenvalue weighted by atomic mass is 16.6. The molecule has 0 radical (unpaired) electrons. The third-order valence-electron chi connectivity index (χ3n) is 11.6. The number of aliphatic hydroxyl groups excluding tert-OH is 1. The van der Waals surface area contributed by atoms with Crippen molar-refractivity contribution in [3.05, 3.63) is 0 Å². The van der Waals surface area contributed by atoms with Gasteiger partial charge in [0.05, 0.1) is 86.0 Å². The lowest BCUT2D eigenvalue weighted by atomic mass is 9.95. The zero-order valence-corrected chi connectivity index (χ0v) is 46.9. The van der Waals surface area contributed by atoms with Crippen LogP contribution in [0.4, 0.5) is 0 Å². The van der Waals surface area contributed by atoms with Gasteiger partial charge in [-0.05, 0) is 41.0 Å². The highest BCUT2D eigenvalue weighted by Crippen LogP contribution is 2.33. The first-order valence-corrected chi connectivity index (χ1v) is 24.4. The van der Waals surface area contributed by atoms with Crippen LogP contribution in [0.3, 0.4) is 0 Å². The van der Waals surface area contributed by atoms with Crippen molar-refractivity contribution in [1.29, 1.82) is 0 Å². The highest BCUT2D eigenvalue weighted by Gasteiger charge is 2.62. The summed E-state index contributed by atoms with van der Waals surface area (Å²) < 4.78 is 52.9. The lowest BCUT2D eigenvalue weighted by Gasteiger charge is -2.26. The van der Waals surface area contributed by atoms with Gasteiger partial charge in [0, 0.05) is 0 Å². The van der Waals surface area contributed by atoms with E-state index in [0.29, 0.717) is 0 Å². The van der Waals surface area contributed by atoms with Crippen LogP contribution in [0.15, 0.2) is 0 Å². The van der Waals surface area contributed by atoms with Crippen molar-refractivity contribution in [2.75, 3.05) is 47.8 Å². The summed E-state index contributed by atoms with van der Waals surface area (Å²) in [4.78, 5) is 175. The maximum atomic E-state index is 11.5. The average Bonchev–Trinajstić information content (AvgIpc) is 2.70. The van der Waals surface area contributed by atoms with E-state index in [2.05, 4.69) is 56.8 Å². The third-order valence-corrected chi connectivity index (χ3v) is 11.6. The van der Waals surface area contributed by atoms with Gasteiger partial charge in [-0.3, -0.25) is 24.0 Å². The smallest absolute Gasteiger partial charge is 0.351 e. The fraction of sp³-hybridized carbons (Fsp3) is 0.660. The number of cyclic esters (lactones) is 5. The molecule has 39 heteroatoms. The molecule has 5 saturated heterocycles. The van der Waals surface area contributed by atoms with Gasteiger partial charge in [-0.2, -0.15) is 0 Å². The number of esters is 12. The van der Waals surface area contributed by atoms with Gasteiger partial charge in [-0.25, -0.2) is 52.7 Å². The Balaban J connectivity index is 0.00000101. The van der Waals surface area contributed by atoms with Crippen molar-refractivity contribution in [1.82, 2.24) is 0 Å². The molecule has 86 heavy (non-hydrogen) atoms. The predicted molar refractivity (Wildman–Crippen MR) is 257 cm³/mol. The van der Waals surface area contributed by atoms with E-state index < -0.39 is 198 Å². The van der Waals surface area contributed by atoms with Crippen molar-refractivity contribution < 1.29 is 190 Å². The summed E-state index contributed by atoms with van der Waals surface area (Å²) in [5.74, 6) is -18.6. The predicted octanol–water partition coefficient (Wildman–Crippen LogP) is -7.22. The molecule has 39 nitrogen and oxygen atoms in total. The van der Waals surface area contributed by atoms with E-state index in [4.69, 9.17) is 25.5 Å². The zero-order valence-electron chi connectivity index (χ0n) is 46.9. The zero-order chi connectivity index (χ0) is 67.3. The van der Waals surface area contributed by atoms with Gasteiger partial charge in [0.25, 0.3) is 0 Å². The maximum Gasteiger partial charge on any atom is 0.351 e. The molecule has 11 N–H and O–H groups in total. The molecule has 5 aliphatic heterocycles. The molecule has 486 valence electrons. The van der Waals surface area contributed by atoms with Crippen LogP contribution in [0.1, 0.15) is 80.1 Å². The number of hydrogen-bond donors (Lipinski definition) is 11. The van der Waals surface area contributed by atoms with Crippen LogP contribution < -0.4 is 0 Å². The molecule has 5 heterocycles. The van der Waals surface area contributed by atoms with E-state index in [-0.39, 0.29) is 32.8 Å². The standard InChI is InChI=1S/C10H14O7.2C8H10O7.C8H16O4.C7H8O7.C6H6O7/c1-3-15-8(12)7-10(14,5-6(11)17-7)9(13)16-4-2;1-13-6(10)5-8(12,7(11)14-2)3-4(9)15-5;1-2-14-7(12)8(13)3-4(9)15-5(8)6(10)11;1-4-8(11,6(3)9)7(10)12-5-2;1-13-6(11)7(12)2-3(8)14-4(7)5(9)10;7-2-1-6(12,5(10)11)3(13-2)4(8)9/h7,14H,3-5H2,1-2H3;5,12H,3H2,1-2H3;5,13H,2-3H2,1H3,(H,10,11);6,9,11H,4-5H2,1-3H3;4,12H,2H2,1H3,(H,9,10);3,12H,1H2,(H,8,9)(H,10,11)/t7-,10-;2*5-,8-;6-,8+;4-,7-;3-,6-/m111011/s1. The van der Waals surface area contributed by atoms with Gasteiger partial charge in [-0.15, -0.1) is 0 Å². The minimum absolute atomic E-state index is 0.0187. The summed E-state index contributed by atoms with van der Waals surface area (Å²) >= 11 is 0. The van der Waals surface area contributed by atoms with Crippen LogP contribution in [0.2, 0.25) is 0 Å². The number of ether oxygens (including phenoxy) is 12. The topological polar surface area (TPSA) is 606 Å².